The van der Waals surface area contributed by atoms with E-state index >= 15 is 0 Å². The zero-order valence-corrected chi connectivity index (χ0v) is 13.7. The fourth-order valence-corrected chi connectivity index (χ4v) is 2.50. The minimum atomic E-state index is 0.410. The molecule has 0 aliphatic carbocycles. The summed E-state index contributed by atoms with van der Waals surface area (Å²) in [4.78, 5) is 4.70. The molecular weight excluding hydrogens is 250 g/mol. The third kappa shape index (κ3) is 4.82. The van der Waals surface area contributed by atoms with Crippen LogP contribution >= 0.6 is 0 Å². The lowest BCUT2D eigenvalue weighted by atomic mass is 9.98. The van der Waals surface area contributed by atoms with E-state index in [2.05, 4.69) is 13.8 Å². The van der Waals surface area contributed by atoms with Gasteiger partial charge in [0, 0.05) is 25.4 Å². The summed E-state index contributed by atoms with van der Waals surface area (Å²) < 4.78 is 0. The highest BCUT2D eigenvalue weighted by Crippen LogP contribution is 2.24. The van der Waals surface area contributed by atoms with Crippen molar-refractivity contribution in [1.82, 2.24) is 10.0 Å². The number of hydrogen-bond acceptors (Lipinski definition) is 4. The van der Waals surface area contributed by atoms with Crippen LogP contribution in [0.5, 0.6) is 0 Å². The quantitative estimate of drug-likeness (QED) is 0.646. The molecule has 0 saturated heterocycles. The summed E-state index contributed by atoms with van der Waals surface area (Å²) in [7, 11) is 3.88. The van der Waals surface area contributed by atoms with E-state index < -0.39 is 0 Å². The third-order valence-corrected chi connectivity index (χ3v) is 3.79. The van der Waals surface area contributed by atoms with Gasteiger partial charge in [-0.2, -0.15) is 0 Å². The van der Waals surface area contributed by atoms with Crippen LogP contribution in [-0.4, -0.2) is 41.6 Å². The second kappa shape index (κ2) is 9.01. The third-order valence-electron chi connectivity index (χ3n) is 3.79. The number of nitrogens with zero attached hydrogens (tertiary/aromatic N) is 3. The van der Waals surface area contributed by atoms with E-state index in [1.165, 1.54) is 32.1 Å². The summed E-state index contributed by atoms with van der Waals surface area (Å²) in [6, 6.07) is 0. The van der Waals surface area contributed by atoms with Crippen molar-refractivity contribution in [3.63, 3.8) is 0 Å². The molecule has 0 aromatic carbocycles. The molecule has 0 amide bonds. The average Bonchev–Trinajstić information content (AvgIpc) is 2.41. The standard InChI is InChI=1S/C16H31N3O/c1-5-7-9-11-14-15(12-10-8-6-2)17-13-19(16(14)20)18(3)4/h20H,5-13H2,1-4H3. The second-order valence-corrected chi connectivity index (χ2v) is 5.71. The molecular formula is C16H31N3O. The van der Waals surface area contributed by atoms with Gasteiger partial charge in [-0.25, -0.2) is 5.01 Å². The summed E-state index contributed by atoms with van der Waals surface area (Å²) >= 11 is 0. The van der Waals surface area contributed by atoms with Crippen LogP contribution in [0.2, 0.25) is 0 Å². The molecule has 1 aliphatic heterocycles. The Morgan fingerprint density at radius 2 is 1.65 bits per heavy atom. The number of allylic oxidation sites excluding steroid dienone is 1. The Bertz CT molecular complexity index is 348. The number of rotatable bonds is 9. The minimum Gasteiger partial charge on any atom is -0.493 e. The first-order chi connectivity index (χ1) is 9.61. The van der Waals surface area contributed by atoms with Gasteiger partial charge in [0.15, 0.2) is 0 Å². The highest BCUT2D eigenvalue weighted by Gasteiger charge is 2.23. The van der Waals surface area contributed by atoms with E-state index in [4.69, 9.17) is 4.99 Å². The van der Waals surface area contributed by atoms with Crippen molar-refractivity contribution < 1.29 is 5.11 Å². The second-order valence-electron chi connectivity index (χ2n) is 5.71. The molecule has 1 N–H and O–H groups in total. The van der Waals surface area contributed by atoms with Crippen molar-refractivity contribution in [2.24, 2.45) is 4.99 Å². The summed E-state index contributed by atoms with van der Waals surface area (Å²) in [5.41, 5.74) is 2.19. The number of unbranched alkanes of at least 4 members (excludes halogenated alkanes) is 4. The SMILES string of the molecule is CCCCCC1=NCN(N(C)C)C(O)=C1CCCCC. The summed E-state index contributed by atoms with van der Waals surface area (Å²) in [5, 5.41) is 14.3. The molecule has 0 fully saturated rings. The van der Waals surface area contributed by atoms with Crippen molar-refractivity contribution in [2.45, 2.75) is 65.2 Å². The fourth-order valence-electron chi connectivity index (χ4n) is 2.50. The molecule has 20 heavy (non-hydrogen) atoms. The summed E-state index contributed by atoms with van der Waals surface area (Å²) in [6.45, 7) is 4.96. The first-order valence-corrected chi connectivity index (χ1v) is 8.02. The van der Waals surface area contributed by atoms with Crippen molar-refractivity contribution in [3.05, 3.63) is 11.5 Å². The van der Waals surface area contributed by atoms with E-state index in [1.807, 2.05) is 24.1 Å². The van der Waals surface area contributed by atoms with Crippen LogP contribution in [0.25, 0.3) is 0 Å². The lowest BCUT2D eigenvalue weighted by molar-refractivity contribution is 0.0117. The average molecular weight is 281 g/mol. The minimum absolute atomic E-state index is 0.410. The Kier molecular flexibility index (Phi) is 7.67. The first kappa shape index (κ1) is 17.0. The highest BCUT2D eigenvalue weighted by atomic mass is 16.3. The predicted molar refractivity (Wildman–Crippen MR) is 85.8 cm³/mol. The Hall–Kier alpha value is -1.03. The Balaban J connectivity index is 2.76. The van der Waals surface area contributed by atoms with Crippen LogP contribution in [0.1, 0.15) is 65.2 Å². The van der Waals surface area contributed by atoms with Crippen LogP contribution in [0, 0.1) is 0 Å². The number of aliphatic hydroxyl groups is 1. The van der Waals surface area contributed by atoms with Crippen LogP contribution in [0.15, 0.2) is 16.4 Å². The Labute approximate surface area is 124 Å². The van der Waals surface area contributed by atoms with Gasteiger partial charge in [-0.3, -0.25) is 10.0 Å². The van der Waals surface area contributed by atoms with Crippen molar-refractivity contribution in [3.8, 4) is 0 Å². The molecule has 0 saturated carbocycles. The van der Waals surface area contributed by atoms with Crippen LogP contribution < -0.4 is 0 Å². The summed E-state index contributed by atoms with van der Waals surface area (Å²) in [6.07, 6.45) is 9.10. The Morgan fingerprint density at radius 3 is 2.20 bits per heavy atom. The molecule has 0 aromatic rings. The van der Waals surface area contributed by atoms with Gasteiger partial charge in [-0.15, -0.1) is 0 Å². The molecule has 0 atom stereocenters. The van der Waals surface area contributed by atoms with Crippen LogP contribution in [0.3, 0.4) is 0 Å². The molecule has 1 heterocycles. The highest BCUT2D eigenvalue weighted by molar-refractivity contribution is 6.00. The fraction of sp³-hybridized carbons (Fsp3) is 0.812. The first-order valence-electron chi connectivity index (χ1n) is 8.02. The van der Waals surface area contributed by atoms with E-state index in [0.29, 0.717) is 12.6 Å². The molecule has 116 valence electrons. The van der Waals surface area contributed by atoms with Gasteiger partial charge in [0.1, 0.15) is 6.67 Å². The topological polar surface area (TPSA) is 39.1 Å². The van der Waals surface area contributed by atoms with Gasteiger partial charge in [0.2, 0.25) is 5.88 Å². The molecule has 0 radical (unpaired) electrons. The van der Waals surface area contributed by atoms with Gasteiger partial charge in [-0.1, -0.05) is 39.5 Å². The number of hydrogen-bond donors (Lipinski definition) is 1. The lowest BCUT2D eigenvalue weighted by Gasteiger charge is -2.33. The maximum atomic E-state index is 10.5. The molecule has 4 nitrogen and oxygen atoms in total. The number of aliphatic hydroxyl groups excluding tert-OH is 1. The van der Waals surface area contributed by atoms with Crippen LogP contribution in [-0.2, 0) is 0 Å². The van der Waals surface area contributed by atoms with Crippen molar-refractivity contribution in [1.29, 1.82) is 0 Å². The largest absolute Gasteiger partial charge is 0.493 e. The molecule has 1 aliphatic rings. The summed E-state index contributed by atoms with van der Waals surface area (Å²) in [5.74, 6) is 0.410. The van der Waals surface area contributed by atoms with Crippen molar-refractivity contribution in [2.75, 3.05) is 20.8 Å². The van der Waals surface area contributed by atoms with E-state index in [-0.39, 0.29) is 0 Å². The molecule has 0 bridgehead atoms. The maximum Gasteiger partial charge on any atom is 0.208 e. The van der Waals surface area contributed by atoms with Gasteiger partial charge in [0.25, 0.3) is 0 Å². The van der Waals surface area contributed by atoms with Crippen molar-refractivity contribution >= 4 is 5.71 Å². The zero-order chi connectivity index (χ0) is 15.0. The molecule has 0 spiro atoms. The van der Waals surface area contributed by atoms with Gasteiger partial charge in [0.05, 0.1) is 0 Å². The normalized spacial score (nSPS) is 16.1. The molecule has 0 unspecified atom stereocenters. The van der Waals surface area contributed by atoms with E-state index in [0.717, 1.165) is 30.5 Å². The van der Waals surface area contributed by atoms with Gasteiger partial charge >= 0.3 is 0 Å². The van der Waals surface area contributed by atoms with Gasteiger partial charge in [-0.05, 0) is 25.7 Å². The lowest BCUT2D eigenvalue weighted by Crippen LogP contribution is -2.40. The predicted octanol–water partition coefficient (Wildman–Crippen LogP) is 4.11. The number of hydrazine groups is 1. The maximum absolute atomic E-state index is 10.5. The molecule has 1 rings (SSSR count). The van der Waals surface area contributed by atoms with Crippen LogP contribution in [0.4, 0.5) is 0 Å². The van der Waals surface area contributed by atoms with E-state index in [9.17, 15) is 5.11 Å². The van der Waals surface area contributed by atoms with E-state index in [1.54, 1.807) is 0 Å². The van der Waals surface area contributed by atoms with Gasteiger partial charge < -0.3 is 5.11 Å². The monoisotopic (exact) mass is 281 g/mol. The zero-order valence-electron chi connectivity index (χ0n) is 13.7. The molecule has 0 aromatic heterocycles. The Morgan fingerprint density at radius 1 is 1.05 bits per heavy atom. The number of aliphatic imine (C=N–C) groups is 1. The molecule has 4 heteroatoms. The smallest absolute Gasteiger partial charge is 0.208 e.